The van der Waals surface area contributed by atoms with E-state index in [1.807, 2.05) is 6.92 Å². The van der Waals surface area contributed by atoms with E-state index >= 15 is 0 Å². The molecular weight excluding hydrogens is 287 g/mol. The first-order valence-electron chi connectivity index (χ1n) is 6.50. The fraction of sp³-hybridized carbons (Fsp3) is 0.429. The van der Waals surface area contributed by atoms with Crippen molar-refractivity contribution in [2.45, 2.75) is 38.6 Å². The molecule has 0 unspecified atom stereocenters. The highest BCUT2D eigenvalue weighted by atomic mass is 19.2. The van der Waals surface area contributed by atoms with Gasteiger partial charge in [-0.15, -0.1) is 0 Å². The van der Waals surface area contributed by atoms with E-state index in [-0.39, 0.29) is 12.0 Å². The molecule has 1 aromatic rings. The highest BCUT2D eigenvalue weighted by Crippen LogP contribution is 2.14. The highest BCUT2D eigenvalue weighted by Gasteiger charge is 2.20. The smallest absolute Gasteiger partial charge is 0.326 e. The lowest BCUT2D eigenvalue weighted by Crippen LogP contribution is -2.41. The maximum absolute atomic E-state index is 13.4. The summed E-state index contributed by atoms with van der Waals surface area (Å²) in [6.45, 7) is 1.87. The van der Waals surface area contributed by atoms with Crippen LogP contribution in [0.15, 0.2) is 12.1 Å². The van der Waals surface area contributed by atoms with Crippen molar-refractivity contribution < 1.29 is 27.9 Å². The number of unbranched alkanes of at least 4 members (excludes halogenated alkanes) is 1. The SMILES string of the molecule is CCCC[C@H](NC(=O)Cc1cc(F)c(F)cc1F)C(=O)O. The van der Waals surface area contributed by atoms with Crippen molar-refractivity contribution in [3.05, 3.63) is 35.1 Å². The Morgan fingerprint density at radius 1 is 1.19 bits per heavy atom. The summed E-state index contributed by atoms with van der Waals surface area (Å²) in [6, 6.07) is -0.138. The third-order valence-electron chi connectivity index (χ3n) is 2.92. The number of aliphatic carboxylic acids is 1. The van der Waals surface area contributed by atoms with E-state index in [0.29, 0.717) is 18.6 Å². The van der Waals surface area contributed by atoms with Gasteiger partial charge in [-0.3, -0.25) is 4.79 Å². The zero-order chi connectivity index (χ0) is 16.0. The minimum Gasteiger partial charge on any atom is -0.480 e. The van der Waals surface area contributed by atoms with E-state index in [1.54, 1.807) is 0 Å². The molecule has 1 aromatic carbocycles. The highest BCUT2D eigenvalue weighted by molar-refractivity contribution is 5.84. The first-order chi connectivity index (χ1) is 9.85. The molecule has 0 heterocycles. The maximum Gasteiger partial charge on any atom is 0.326 e. The van der Waals surface area contributed by atoms with Gasteiger partial charge in [0.1, 0.15) is 11.9 Å². The average molecular weight is 303 g/mol. The summed E-state index contributed by atoms with van der Waals surface area (Å²) in [5.74, 6) is -5.61. The molecule has 2 N–H and O–H groups in total. The summed E-state index contributed by atoms with van der Waals surface area (Å²) >= 11 is 0. The van der Waals surface area contributed by atoms with Gasteiger partial charge in [-0.1, -0.05) is 19.8 Å². The van der Waals surface area contributed by atoms with Crippen molar-refractivity contribution in [3.63, 3.8) is 0 Å². The van der Waals surface area contributed by atoms with Crippen molar-refractivity contribution in [1.29, 1.82) is 0 Å². The van der Waals surface area contributed by atoms with E-state index < -0.39 is 41.8 Å². The molecule has 0 aliphatic carbocycles. The number of carbonyl (C=O) groups excluding carboxylic acids is 1. The summed E-state index contributed by atoms with van der Waals surface area (Å²) in [4.78, 5) is 22.6. The number of carboxylic acid groups (broad SMARTS) is 1. The predicted molar refractivity (Wildman–Crippen MR) is 69.1 cm³/mol. The van der Waals surface area contributed by atoms with Gasteiger partial charge >= 0.3 is 5.97 Å². The van der Waals surface area contributed by atoms with Gasteiger partial charge in [-0.25, -0.2) is 18.0 Å². The zero-order valence-electron chi connectivity index (χ0n) is 11.5. The van der Waals surface area contributed by atoms with E-state index in [0.717, 1.165) is 6.42 Å². The molecule has 4 nitrogen and oxygen atoms in total. The minimum absolute atomic E-state index is 0.248. The van der Waals surface area contributed by atoms with Crippen molar-refractivity contribution >= 4 is 11.9 Å². The molecule has 0 saturated carbocycles. The molecule has 0 aromatic heterocycles. The summed E-state index contributed by atoms with van der Waals surface area (Å²) in [5, 5.41) is 11.2. The van der Waals surface area contributed by atoms with Gasteiger partial charge in [0.2, 0.25) is 5.91 Å². The molecule has 1 amide bonds. The van der Waals surface area contributed by atoms with E-state index in [1.165, 1.54) is 0 Å². The van der Waals surface area contributed by atoms with Crippen molar-refractivity contribution in [2.75, 3.05) is 0 Å². The molecule has 0 radical (unpaired) electrons. The van der Waals surface area contributed by atoms with Crippen molar-refractivity contribution in [1.82, 2.24) is 5.32 Å². The molecule has 0 fully saturated rings. The molecule has 1 rings (SSSR count). The van der Waals surface area contributed by atoms with E-state index in [2.05, 4.69) is 5.32 Å². The van der Waals surface area contributed by atoms with Crippen LogP contribution in [0.1, 0.15) is 31.7 Å². The lowest BCUT2D eigenvalue weighted by Gasteiger charge is -2.14. The Balaban J connectivity index is 2.72. The molecule has 0 saturated heterocycles. The quantitative estimate of drug-likeness (QED) is 0.760. The number of carboxylic acids is 1. The molecular formula is C14H16F3NO3. The van der Waals surface area contributed by atoms with Crippen LogP contribution < -0.4 is 5.32 Å². The second-order valence-electron chi connectivity index (χ2n) is 4.64. The van der Waals surface area contributed by atoms with Crippen LogP contribution in [0, 0.1) is 17.5 Å². The number of carbonyl (C=O) groups is 2. The van der Waals surface area contributed by atoms with E-state index in [9.17, 15) is 22.8 Å². The lowest BCUT2D eigenvalue weighted by atomic mass is 10.1. The third kappa shape index (κ3) is 5.09. The number of amides is 1. The normalized spacial score (nSPS) is 12.0. The average Bonchev–Trinajstić information content (AvgIpc) is 2.40. The molecule has 116 valence electrons. The first-order valence-corrected chi connectivity index (χ1v) is 6.50. The largest absolute Gasteiger partial charge is 0.480 e. The summed E-state index contributed by atoms with van der Waals surface area (Å²) < 4.78 is 39.1. The van der Waals surface area contributed by atoms with Crippen LogP contribution in [0.3, 0.4) is 0 Å². The molecule has 21 heavy (non-hydrogen) atoms. The first kappa shape index (κ1) is 17.0. The number of rotatable bonds is 7. The monoisotopic (exact) mass is 303 g/mol. The Kier molecular flexibility index (Phi) is 6.20. The van der Waals surface area contributed by atoms with E-state index in [4.69, 9.17) is 5.11 Å². The van der Waals surface area contributed by atoms with Crippen LogP contribution in [0.5, 0.6) is 0 Å². The van der Waals surface area contributed by atoms with Gasteiger partial charge in [-0.05, 0) is 12.5 Å². The molecule has 0 bridgehead atoms. The maximum atomic E-state index is 13.4. The van der Waals surface area contributed by atoms with Gasteiger partial charge in [0.25, 0.3) is 0 Å². The molecule has 0 aliphatic heterocycles. The van der Waals surface area contributed by atoms with Crippen LogP contribution in [-0.2, 0) is 16.0 Å². The Hall–Kier alpha value is -2.05. The van der Waals surface area contributed by atoms with Crippen molar-refractivity contribution in [2.24, 2.45) is 0 Å². The number of hydrogen-bond acceptors (Lipinski definition) is 2. The topological polar surface area (TPSA) is 66.4 Å². The standard InChI is InChI=1S/C14H16F3NO3/c1-2-3-4-12(14(20)21)18-13(19)6-8-5-10(16)11(17)7-9(8)15/h5,7,12H,2-4,6H2,1H3,(H,18,19)(H,20,21)/t12-/m0/s1. The Bertz CT molecular complexity index is 534. The van der Waals surface area contributed by atoms with Gasteiger partial charge in [0.05, 0.1) is 6.42 Å². The van der Waals surface area contributed by atoms with Crippen LogP contribution in [0.4, 0.5) is 13.2 Å². The van der Waals surface area contributed by atoms with Crippen LogP contribution in [0.25, 0.3) is 0 Å². The third-order valence-corrected chi connectivity index (χ3v) is 2.92. The summed E-state index contributed by atoms with van der Waals surface area (Å²) in [7, 11) is 0. The Morgan fingerprint density at radius 2 is 1.81 bits per heavy atom. The lowest BCUT2D eigenvalue weighted by molar-refractivity contribution is -0.142. The van der Waals surface area contributed by atoms with Crippen LogP contribution in [-0.4, -0.2) is 23.0 Å². The predicted octanol–water partition coefficient (Wildman–Crippen LogP) is 2.41. The number of hydrogen-bond donors (Lipinski definition) is 2. The minimum atomic E-state index is -1.34. The van der Waals surface area contributed by atoms with Gasteiger partial charge in [0, 0.05) is 11.6 Å². The fourth-order valence-corrected chi connectivity index (χ4v) is 1.78. The molecule has 1 atom stereocenters. The number of benzene rings is 1. The number of nitrogens with one attached hydrogen (secondary N) is 1. The fourth-order valence-electron chi connectivity index (χ4n) is 1.78. The summed E-state index contributed by atoms with van der Waals surface area (Å²) in [5.41, 5.74) is -0.328. The molecule has 0 aliphatic rings. The second kappa shape index (κ2) is 7.66. The van der Waals surface area contributed by atoms with Crippen molar-refractivity contribution in [3.8, 4) is 0 Å². The van der Waals surface area contributed by atoms with Crippen LogP contribution >= 0.6 is 0 Å². The second-order valence-corrected chi connectivity index (χ2v) is 4.64. The van der Waals surface area contributed by atoms with Crippen LogP contribution in [0.2, 0.25) is 0 Å². The zero-order valence-corrected chi connectivity index (χ0v) is 11.5. The summed E-state index contributed by atoms with van der Waals surface area (Å²) in [6.07, 6.45) is 1.06. The Labute approximate surface area is 120 Å². The number of halogens is 3. The molecule has 7 heteroatoms. The van der Waals surface area contributed by atoms with Gasteiger partial charge < -0.3 is 10.4 Å². The van der Waals surface area contributed by atoms with Gasteiger partial charge in [0.15, 0.2) is 11.6 Å². The van der Waals surface area contributed by atoms with Gasteiger partial charge in [-0.2, -0.15) is 0 Å². The molecule has 0 spiro atoms. The Morgan fingerprint density at radius 3 is 2.38 bits per heavy atom.